The molecular formula is C11H15NO3. The predicted octanol–water partition coefficient (Wildman–Crippen LogP) is 2.22. The van der Waals surface area contributed by atoms with Gasteiger partial charge in [0.25, 0.3) is 5.69 Å². The lowest BCUT2D eigenvalue weighted by molar-refractivity contribution is -0.386. The van der Waals surface area contributed by atoms with E-state index in [1.54, 1.807) is 32.0 Å². The van der Waals surface area contributed by atoms with E-state index in [9.17, 15) is 10.1 Å². The van der Waals surface area contributed by atoms with Crippen LogP contribution in [0.5, 0.6) is 0 Å². The highest BCUT2D eigenvalue weighted by atomic mass is 16.6. The molecule has 0 aliphatic rings. The molecule has 4 nitrogen and oxygen atoms in total. The van der Waals surface area contributed by atoms with Crippen LogP contribution in [0.25, 0.3) is 0 Å². The maximum absolute atomic E-state index is 10.8. The van der Waals surface area contributed by atoms with Crippen molar-refractivity contribution in [3.63, 3.8) is 0 Å². The molecule has 0 fully saturated rings. The standard InChI is InChI=1S/C11H15NO3/c1-8-4-3-5-10(7-6-9(2)13)11(8)12(14)15/h3-5,9,13H,6-7H2,1-2H3/t9-/m0/s1. The van der Waals surface area contributed by atoms with Crippen molar-refractivity contribution in [2.24, 2.45) is 0 Å². The summed E-state index contributed by atoms with van der Waals surface area (Å²) in [5.74, 6) is 0. The Bertz CT molecular complexity index is 361. The number of nitrogens with zero attached hydrogens (tertiary/aromatic N) is 1. The molecule has 82 valence electrons. The third-order valence-corrected chi connectivity index (χ3v) is 2.34. The van der Waals surface area contributed by atoms with Crippen molar-refractivity contribution < 1.29 is 10.0 Å². The van der Waals surface area contributed by atoms with Crippen LogP contribution in [0.3, 0.4) is 0 Å². The van der Waals surface area contributed by atoms with E-state index >= 15 is 0 Å². The molecule has 1 atom stereocenters. The van der Waals surface area contributed by atoms with E-state index in [2.05, 4.69) is 0 Å². The molecule has 1 rings (SSSR count). The molecule has 0 radical (unpaired) electrons. The third-order valence-electron chi connectivity index (χ3n) is 2.34. The molecule has 0 aliphatic carbocycles. The van der Waals surface area contributed by atoms with Crippen molar-refractivity contribution in [3.8, 4) is 0 Å². The minimum Gasteiger partial charge on any atom is -0.393 e. The molecule has 0 bridgehead atoms. The predicted molar refractivity (Wildman–Crippen MR) is 57.8 cm³/mol. The summed E-state index contributed by atoms with van der Waals surface area (Å²) in [6.07, 6.45) is 0.657. The van der Waals surface area contributed by atoms with Crippen molar-refractivity contribution in [2.45, 2.75) is 32.8 Å². The van der Waals surface area contributed by atoms with Gasteiger partial charge in [-0.2, -0.15) is 0 Å². The molecular weight excluding hydrogens is 194 g/mol. The first-order valence-corrected chi connectivity index (χ1v) is 4.93. The fourth-order valence-corrected chi connectivity index (χ4v) is 1.55. The second-order valence-corrected chi connectivity index (χ2v) is 3.73. The second-order valence-electron chi connectivity index (χ2n) is 3.73. The lowest BCUT2D eigenvalue weighted by Gasteiger charge is -2.06. The van der Waals surface area contributed by atoms with E-state index in [4.69, 9.17) is 5.11 Å². The molecule has 0 aromatic heterocycles. The minimum absolute atomic E-state index is 0.179. The Balaban J connectivity index is 2.96. The summed E-state index contributed by atoms with van der Waals surface area (Å²) in [5, 5.41) is 20.0. The van der Waals surface area contributed by atoms with Crippen LogP contribution in [-0.2, 0) is 6.42 Å². The quantitative estimate of drug-likeness (QED) is 0.610. The number of hydrogen-bond acceptors (Lipinski definition) is 3. The largest absolute Gasteiger partial charge is 0.393 e. The smallest absolute Gasteiger partial charge is 0.275 e. The molecule has 0 saturated heterocycles. The van der Waals surface area contributed by atoms with Gasteiger partial charge in [-0.05, 0) is 26.7 Å². The van der Waals surface area contributed by atoms with Gasteiger partial charge >= 0.3 is 0 Å². The van der Waals surface area contributed by atoms with Gasteiger partial charge in [0.05, 0.1) is 11.0 Å². The number of hydrogen-bond donors (Lipinski definition) is 1. The SMILES string of the molecule is Cc1cccc(CC[C@H](C)O)c1[N+](=O)[O-]. The first-order chi connectivity index (χ1) is 7.02. The summed E-state index contributed by atoms with van der Waals surface area (Å²) in [7, 11) is 0. The average Bonchev–Trinajstić information content (AvgIpc) is 2.13. The highest BCUT2D eigenvalue weighted by molar-refractivity contribution is 5.47. The zero-order chi connectivity index (χ0) is 11.4. The van der Waals surface area contributed by atoms with Crippen molar-refractivity contribution in [3.05, 3.63) is 39.4 Å². The van der Waals surface area contributed by atoms with Crippen LogP contribution in [-0.4, -0.2) is 16.1 Å². The topological polar surface area (TPSA) is 63.4 Å². The van der Waals surface area contributed by atoms with E-state index in [0.29, 0.717) is 24.0 Å². The Morgan fingerprint density at radius 2 is 2.20 bits per heavy atom. The number of aliphatic hydroxyl groups is 1. The Kier molecular flexibility index (Phi) is 3.80. The number of benzene rings is 1. The molecule has 15 heavy (non-hydrogen) atoms. The van der Waals surface area contributed by atoms with E-state index in [-0.39, 0.29) is 10.6 Å². The van der Waals surface area contributed by atoms with Crippen LogP contribution < -0.4 is 0 Å². The van der Waals surface area contributed by atoms with E-state index in [1.165, 1.54) is 0 Å². The number of aliphatic hydroxyl groups excluding tert-OH is 1. The number of para-hydroxylation sites is 1. The Hall–Kier alpha value is -1.42. The van der Waals surface area contributed by atoms with Gasteiger partial charge in [0, 0.05) is 11.1 Å². The van der Waals surface area contributed by atoms with Gasteiger partial charge in [-0.1, -0.05) is 18.2 Å². The molecule has 0 amide bonds. The maximum atomic E-state index is 10.8. The molecule has 1 N–H and O–H groups in total. The van der Waals surface area contributed by atoms with Crippen LogP contribution in [0, 0.1) is 17.0 Å². The average molecular weight is 209 g/mol. The zero-order valence-electron chi connectivity index (χ0n) is 8.93. The molecule has 0 spiro atoms. The fourth-order valence-electron chi connectivity index (χ4n) is 1.55. The summed E-state index contributed by atoms with van der Waals surface area (Å²) in [6.45, 7) is 3.41. The monoisotopic (exact) mass is 209 g/mol. The van der Waals surface area contributed by atoms with Gasteiger partial charge in [0.1, 0.15) is 0 Å². The van der Waals surface area contributed by atoms with Crippen molar-refractivity contribution >= 4 is 5.69 Å². The summed E-state index contributed by atoms with van der Waals surface area (Å²) >= 11 is 0. The highest BCUT2D eigenvalue weighted by Gasteiger charge is 2.16. The highest BCUT2D eigenvalue weighted by Crippen LogP contribution is 2.24. The Labute approximate surface area is 88.7 Å². The summed E-state index contributed by atoms with van der Waals surface area (Å²) in [6, 6.07) is 5.28. The molecule has 4 heteroatoms. The summed E-state index contributed by atoms with van der Waals surface area (Å²) < 4.78 is 0. The van der Waals surface area contributed by atoms with Crippen LogP contribution >= 0.6 is 0 Å². The summed E-state index contributed by atoms with van der Waals surface area (Å²) in [4.78, 5) is 10.5. The normalized spacial score (nSPS) is 12.5. The van der Waals surface area contributed by atoms with Crippen molar-refractivity contribution in [2.75, 3.05) is 0 Å². The van der Waals surface area contributed by atoms with E-state index in [1.807, 2.05) is 0 Å². The zero-order valence-corrected chi connectivity index (χ0v) is 8.93. The van der Waals surface area contributed by atoms with Gasteiger partial charge in [0.2, 0.25) is 0 Å². The van der Waals surface area contributed by atoms with Gasteiger partial charge in [0.15, 0.2) is 0 Å². The third kappa shape index (κ3) is 3.02. The molecule has 0 unspecified atom stereocenters. The van der Waals surface area contributed by atoms with Crippen LogP contribution in [0.4, 0.5) is 5.69 Å². The van der Waals surface area contributed by atoms with E-state index < -0.39 is 6.10 Å². The first-order valence-electron chi connectivity index (χ1n) is 4.93. The summed E-state index contributed by atoms with van der Waals surface area (Å²) in [5.41, 5.74) is 1.54. The number of aryl methyl sites for hydroxylation is 2. The Morgan fingerprint density at radius 3 is 2.73 bits per heavy atom. The van der Waals surface area contributed by atoms with Gasteiger partial charge in [-0.15, -0.1) is 0 Å². The number of rotatable bonds is 4. The minimum atomic E-state index is -0.426. The maximum Gasteiger partial charge on any atom is 0.275 e. The van der Waals surface area contributed by atoms with Gasteiger partial charge < -0.3 is 5.11 Å². The molecule has 0 heterocycles. The van der Waals surface area contributed by atoms with Crippen LogP contribution in [0.1, 0.15) is 24.5 Å². The van der Waals surface area contributed by atoms with Crippen LogP contribution in [0.15, 0.2) is 18.2 Å². The first kappa shape index (κ1) is 11.7. The van der Waals surface area contributed by atoms with E-state index in [0.717, 1.165) is 0 Å². The molecule has 0 saturated carbocycles. The van der Waals surface area contributed by atoms with Crippen molar-refractivity contribution in [1.29, 1.82) is 0 Å². The molecule has 1 aromatic carbocycles. The fraction of sp³-hybridized carbons (Fsp3) is 0.455. The lowest BCUT2D eigenvalue weighted by atomic mass is 10.0. The van der Waals surface area contributed by atoms with Crippen molar-refractivity contribution in [1.82, 2.24) is 0 Å². The second kappa shape index (κ2) is 4.89. The Morgan fingerprint density at radius 1 is 1.53 bits per heavy atom. The molecule has 1 aromatic rings. The lowest BCUT2D eigenvalue weighted by Crippen LogP contribution is -2.04. The van der Waals surface area contributed by atoms with Crippen LogP contribution in [0.2, 0.25) is 0 Å². The van der Waals surface area contributed by atoms with Gasteiger partial charge in [-0.25, -0.2) is 0 Å². The molecule has 0 aliphatic heterocycles. The van der Waals surface area contributed by atoms with Gasteiger partial charge in [-0.3, -0.25) is 10.1 Å². The number of nitro groups is 1. The number of nitro benzene ring substituents is 1.